The molecule has 2 bridgehead atoms. The number of fused-ring (bicyclic) bond motifs is 3. The lowest BCUT2D eigenvalue weighted by atomic mass is 9.95. The van der Waals surface area contributed by atoms with Crippen LogP contribution in [0.4, 0.5) is 10.1 Å². The largest absolute Gasteiger partial charge is 0.508 e. The average Bonchev–Trinajstić information content (AvgIpc) is 3.22. The first-order chi connectivity index (χ1) is 17.9. The molecule has 2 heterocycles. The standard InChI is InChI=1S/C29H34FN5O2/c1-34(2)13-5-12-31-29(35-16-20-8-9-21(17-35)33-20)25-11-10-24(27(30)28(25)32-18-36)26-15-22(37)14-19-6-3-4-7-23(19)26/h3-4,6-7,10-11,14-15,18,20-21,33,37H,5,8-9,12-13,16-17H2,1-2H3,(H,32,36)/b31-29+. The minimum atomic E-state index is -0.542. The first-order valence-electron chi connectivity index (χ1n) is 12.9. The molecule has 2 saturated heterocycles. The summed E-state index contributed by atoms with van der Waals surface area (Å²) >= 11 is 0. The van der Waals surface area contributed by atoms with Crippen molar-refractivity contribution in [1.29, 1.82) is 0 Å². The lowest BCUT2D eigenvalue weighted by molar-refractivity contribution is -0.105. The topological polar surface area (TPSA) is 80.2 Å². The smallest absolute Gasteiger partial charge is 0.211 e. The predicted octanol–water partition coefficient (Wildman–Crippen LogP) is 4.05. The monoisotopic (exact) mass is 503 g/mol. The Balaban J connectivity index is 1.60. The molecular weight excluding hydrogens is 469 g/mol. The quantitative estimate of drug-likeness (QED) is 0.187. The van der Waals surface area contributed by atoms with Crippen LogP contribution in [0.15, 0.2) is 53.5 Å². The summed E-state index contributed by atoms with van der Waals surface area (Å²) in [5.41, 5.74) is 1.56. The number of aliphatic imine (C=N–C) groups is 1. The number of rotatable bonds is 8. The van der Waals surface area contributed by atoms with E-state index in [-0.39, 0.29) is 11.4 Å². The van der Waals surface area contributed by atoms with Crippen LogP contribution in [0.3, 0.4) is 0 Å². The van der Waals surface area contributed by atoms with Gasteiger partial charge >= 0.3 is 0 Å². The Hall–Kier alpha value is -3.49. The lowest BCUT2D eigenvalue weighted by Gasteiger charge is -2.36. The highest BCUT2D eigenvalue weighted by Gasteiger charge is 2.34. The molecule has 0 aromatic heterocycles. The molecule has 0 spiro atoms. The van der Waals surface area contributed by atoms with E-state index >= 15 is 4.39 Å². The van der Waals surface area contributed by atoms with Crippen LogP contribution in [0.2, 0.25) is 0 Å². The zero-order valence-corrected chi connectivity index (χ0v) is 21.4. The lowest BCUT2D eigenvalue weighted by Crippen LogP contribution is -2.53. The van der Waals surface area contributed by atoms with Gasteiger partial charge in [-0.15, -0.1) is 0 Å². The van der Waals surface area contributed by atoms with Gasteiger partial charge in [-0.3, -0.25) is 9.79 Å². The second-order valence-electron chi connectivity index (χ2n) is 10.2. The number of nitrogens with one attached hydrogen (secondary N) is 2. The van der Waals surface area contributed by atoms with Crippen molar-refractivity contribution in [2.24, 2.45) is 4.99 Å². The van der Waals surface area contributed by atoms with Gasteiger partial charge in [0, 0.05) is 42.8 Å². The predicted molar refractivity (Wildman–Crippen MR) is 147 cm³/mol. The van der Waals surface area contributed by atoms with Crippen molar-refractivity contribution in [2.75, 3.05) is 45.6 Å². The van der Waals surface area contributed by atoms with Crippen LogP contribution in [0, 0.1) is 5.82 Å². The highest BCUT2D eigenvalue weighted by molar-refractivity contribution is 6.07. The number of hydrogen-bond acceptors (Lipinski definition) is 5. The Labute approximate surface area is 217 Å². The van der Waals surface area contributed by atoms with Crippen LogP contribution >= 0.6 is 0 Å². The van der Waals surface area contributed by atoms with E-state index < -0.39 is 5.82 Å². The summed E-state index contributed by atoms with van der Waals surface area (Å²) < 4.78 is 16.3. The molecule has 8 heteroatoms. The molecule has 5 rings (SSSR count). The number of hydrogen-bond donors (Lipinski definition) is 3. The normalized spacial score (nSPS) is 19.6. The van der Waals surface area contributed by atoms with E-state index in [2.05, 4.69) is 20.4 Å². The number of carbonyl (C=O) groups excluding carboxylic acids is 1. The van der Waals surface area contributed by atoms with Gasteiger partial charge in [0.2, 0.25) is 6.41 Å². The summed E-state index contributed by atoms with van der Waals surface area (Å²) in [7, 11) is 4.06. The third-order valence-corrected chi connectivity index (χ3v) is 7.26. The minimum Gasteiger partial charge on any atom is -0.508 e. The number of aromatic hydroxyl groups is 1. The highest BCUT2D eigenvalue weighted by Crippen LogP contribution is 2.38. The molecule has 2 aliphatic heterocycles. The molecule has 7 nitrogen and oxygen atoms in total. The number of phenolic OH excluding ortho intramolecular Hbond substituents is 1. The molecule has 2 unspecified atom stereocenters. The Bertz CT molecular complexity index is 1310. The van der Waals surface area contributed by atoms with Crippen LogP contribution in [-0.2, 0) is 4.79 Å². The second-order valence-corrected chi connectivity index (χ2v) is 10.2. The SMILES string of the molecule is CN(C)CCC/N=C(\c1ccc(-c2cc(O)cc3ccccc23)c(F)c1NC=O)N1CC2CCC(C1)N2. The zero-order valence-electron chi connectivity index (χ0n) is 21.4. The van der Waals surface area contributed by atoms with Crippen LogP contribution in [-0.4, -0.2) is 79.5 Å². The highest BCUT2D eigenvalue weighted by atomic mass is 19.1. The van der Waals surface area contributed by atoms with Crippen molar-refractivity contribution in [3.63, 3.8) is 0 Å². The van der Waals surface area contributed by atoms with E-state index in [1.54, 1.807) is 18.2 Å². The third-order valence-electron chi connectivity index (χ3n) is 7.26. The number of carbonyl (C=O) groups is 1. The zero-order chi connectivity index (χ0) is 25.9. The Morgan fingerprint density at radius 1 is 1.16 bits per heavy atom. The average molecular weight is 504 g/mol. The van der Waals surface area contributed by atoms with Crippen LogP contribution in [0.1, 0.15) is 24.8 Å². The van der Waals surface area contributed by atoms with Gasteiger partial charge in [0.05, 0.1) is 5.69 Å². The van der Waals surface area contributed by atoms with Crippen molar-refractivity contribution in [3.8, 4) is 16.9 Å². The van der Waals surface area contributed by atoms with Gasteiger partial charge in [-0.2, -0.15) is 0 Å². The Morgan fingerprint density at radius 3 is 2.65 bits per heavy atom. The molecule has 0 radical (unpaired) electrons. The number of amidine groups is 1. The maximum atomic E-state index is 16.3. The molecular formula is C29H34FN5O2. The van der Waals surface area contributed by atoms with Gasteiger partial charge < -0.3 is 25.5 Å². The maximum Gasteiger partial charge on any atom is 0.211 e. The van der Waals surface area contributed by atoms with Gasteiger partial charge in [-0.1, -0.05) is 30.3 Å². The first-order valence-corrected chi connectivity index (χ1v) is 12.9. The van der Waals surface area contributed by atoms with Crippen LogP contribution in [0.5, 0.6) is 5.75 Å². The summed E-state index contributed by atoms with van der Waals surface area (Å²) in [6.07, 6.45) is 3.62. The molecule has 3 aromatic carbocycles. The van der Waals surface area contributed by atoms with Gasteiger partial charge in [0.15, 0.2) is 5.82 Å². The third kappa shape index (κ3) is 5.31. The molecule has 1 amide bonds. The van der Waals surface area contributed by atoms with E-state index in [1.165, 1.54) is 0 Å². The van der Waals surface area contributed by atoms with E-state index in [1.807, 2.05) is 44.4 Å². The van der Waals surface area contributed by atoms with Crippen molar-refractivity contribution in [1.82, 2.24) is 15.1 Å². The van der Waals surface area contributed by atoms with Gasteiger partial charge in [-0.25, -0.2) is 4.39 Å². The molecule has 0 aliphatic carbocycles. The van der Waals surface area contributed by atoms with E-state index in [9.17, 15) is 9.90 Å². The van der Waals surface area contributed by atoms with Crippen molar-refractivity contribution < 1.29 is 14.3 Å². The summed E-state index contributed by atoms with van der Waals surface area (Å²) in [6.45, 7) is 3.10. The summed E-state index contributed by atoms with van der Waals surface area (Å²) in [5, 5.41) is 18.2. The van der Waals surface area contributed by atoms with Gasteiger partial charge in [-0.05, 0) is 74.4 Å². The van der Waals surface area contributed by atoms with Crippen molar-refractivity contribution in [2.45, 2.75) is 31.3 Å². The van der Waals surface area contributed by atoms with E-state index in [0.29, 0.717) is 47.6 Å². The van der Waals surface area contributed by atoms with Gasteiger partial charge in [0.25, 0.3) is 0 Å². The molecule has 2 aliphatic rings. The first kappa shape index (κ1) is 25.2. The maximum absolute atomic E-state index is 16.3. The van der Waals surface area contributed by atoms with Crippen LogP contribution < -0.4 is 10.6 Å². The fourth-order valence-corrected chi connectivity index (χ4v) is 5.59. The number of phenols is 1. The van der Waals surface area contributed by atoms with E-state index in [4.69, 9.17) is 4.99 Å². The molecule has 37 heavy (non-hydrogen) atoms. The summed E-state index contributed by atoms with van der Waals surface area (Å²) in [5.74, 6) is 0.230. The number of piperazine rings is 1. The summed E-state index contributed by atoms with van der Waals surface area (Å²) in [4.78, 5) is 21.0. The number of nitrogens with zero attached hydrogens (tertiary/aromatic N) is 3. The fraction of sp³-hybridized carbons (Fsp3) is 0.379. The molecule has 3 aromatic rings. The minimum absolute atomic E-state index is 0.0570. The number of amides is 1. The molecule has 2 atom stereocenters. The molecule has 3 N–H and O–H groups in total. The summed E-state index contributed by atoms with van der Waals surface area (Å²) in [6, 6.07) is 15.1. The Morgan fingerprint density at radius 2 is 1.92 bits per heavy atom. The Kier molecular flexibility index (Phi) is 7.39. The fourth-order valence-electron chi connectivity index (χ4n) is 5.59. The number of anilines is 1. The second kappa shape index (κ2) is 10.9. The molecule has 2 fully saturated rings. The van der Waals surface area contributed by atoms with E-state index in [0.717, 1.165) is 49.7 Å². The molecule has 0 saturated carbocycles. The van der Waals surface area contributed by atoms with Crippen LogP contribution in [0.25, 0.3) is 21.9 Å². The van der Waals surface area contributed by atoms with Crippen molar-refractivity contribution >= 4 is 28.7 Å². The molecule has 194 valence electrons. The number of halogens is 1. The van der Waals surface area contributed by atoms with Crippen molar-refractivity contribution in [3.05, 3.63) is 59.9 Å². The van der Waals surface area contributed by atoms with Gasteiger partial charge in [0.1, 0.15) is 11.6 Å². The number of likely N-dealkylation sites (tertiary alicyclic amines) is 1. The number of benzene rings is 3.